The Kier molecular flexibility index (Phi) is 5.53. The molecule has 0 N–H and O–H groups in total. The van der Waals surface area contributed by atoms with Crippen molar-refractivity contribution in [3.63, 3.8) is 0 Å². The smallest absolute Gasteiger partial charge is 0.338 e. The number of rotatable bonds is 5. The standard InChI is InChI=1S/C14H14ClNO3/c1-3-19-14(18)11-4-5-12(13(15)9(2)17)10(8-11)6-7-16/h4-5,8,13H,3,6H2,1-2H3. The van der Waals surface area contributed by atoms with Gasteiger partial charge in [-0.1, -0.05) is 6.07 Å². The Balaban J connectivity index is 3.18. The highest BCUT2D eigenvalue weighted by Gasteiger charge is 2.18. The van der Waals surface area contributed by atoms with Gasteiger partial charge in [-0.05, 0) is 37.1 Å². The maximum absolute atomic E-state index is 11.6. The van der Waals surface area contributed by atoms with Crippen molar-refractivity contribution in [2.75, 3.05) is 6.61 Å². The van der Waals surface area contributed by atoms with Gasteiger partial charge in [0.25, 0.3) is 0 Å². The lowest BCUT2D eigenvalue weighted by atomic mass is 9.97. The number of carbonyl (C=O) groups is 2. The van der Waals surface area contributed by atoms with E-state index in [-0.39, 0.29) is 18.8 Å². The Morgan fingerprint density at radius 2 is 2.16 bits per heavy atom. The first kappa shape index (κ1) is 15.2. The molecule has 0 aliphatic carbocycles. The largest absolute Gasteiger partial charge is 0.462 e. The number of esters is 1. The molecule has 1 rings (SSSR count). The predicted octanol–water partition coefficient (Wildman–Crippen LogP) is 2.80. The van der Waals surface area contributed by atoms with Crippen molar-refractivity contribution in [2.45, 2.75) is 25.6 Å². The molecule has 0 aliphatic rings. The maximum atomic E-state index is 11.6. The van der Waals surface area contributed by atoms with E-state index in [1.54, 1.807) is 25.1 Å². The zero-order chi connectivity index (χ0) is 14.4. The second kappa shape index (κ2) is 6.91. The predicted molar refractivity (Wildman–Crippen MR) is 71.0 cm³/mol. The SMILES string of the molecule is CCOC(=O)c1ccc(C(Cl)C(C)=O)c(CC#N)c1. The number of nitriles is 1. The van der Waals surface area contributed by atoms with Gasteiger partial charge in [0, 0.05) is 0 Å². The van der Waals surface area contributed by atoms with Crippen LogP contribution in [0, 0.1) is 11.3 Å². The molecule has 1 aromatic carbocycles. The molecule has 0 saturated carbocycles. The van der Waals surface area contributed by atoms with Crippen molar-refractivity contribution in [1.82, 2.24) is 0 Å². The molecule has 0 saturated heterocycles. The first-order chi connectivity index (χ1) is 9.01. The van der Waals surface area contributed by atoms with Gasteiger partial charge in [0.15, 0.2) is 5.78 Å². The number of nitrogens with zero attached hydrogens (tertiary/aromatic N) is 1. The summed E-state index contributed by atoms with van der Waals surface area (Å²) in [5.74, 6) is -0.660. The average Bonchev–Trinajstić information content (AvgIpc) is 2.38. The zero-order valence-electron chi connectivity index (χ0n) is 10.8. The molecular weight excluding hydrogens is 266 g/mol. The second-order valence-corrected chi connectivity index (χ2v) is 4.38. The van der Waals surface area contributed by atoms with E-state index < -0.39 is 11.3 Å². The number of hydrogen-bond acceptors (Lipinski definition) is 4. The Morgan fingerprint density at radius 1 is 1.47 bits per heavy atom. The minimum atomic E-state index is -0.806. The van der Waals surface area contributed by atoms with Crippen LogP contribution in [-0.4, -0.2) is 18.4 Å². The third-order valence-corrected chi connectivity index (χ3v) is 3.10. The van der Waals surface area contributed by atoms with Gasteiger partial charge < -0.3 is 4.74 Å². The maximum Gasteiger partial charge on any atom is 0.338 e. The summed E-state index contributed by atoms with van der Waals surface area (Å²) >= 11 is 6.00. The van der Waals surface area contributed by atoms with Crippen molar-refractivity contribution in [3.05, 3.63) is 34.9 Å². The van der Waals surface area contributed by atoms with Crippen molar-refractivity contribution in [2.24, 2.45) is 0 Å². The summed E-state index contributed by atoms with van der Waals surface area (Å²) in [4.78, 5) is 22.9. The first-order valence-electron chi connectivity index (χ1n) is 5.82. The fourth-order valence-electron chi connectivity index (χ4n) is 1.65. The molecule has 4 nitrogen and oxygen atoms in total. The lowest BCUT2D eigenvalue weighted by Gasteiger charge is -2.12. The van der Waals surface area contributed by atoms with Crippen LogP contribution >= 0.6 is 11.6 Å². The van der Waals surface area contributed by atoms with E-state index in [0.717, 1.165) is 0 Å². The molecule has 100 valence electrons. The van der Waals surface area contributed by atoms with Crippen LogP contribution in [0.5, 0.6) is 0 Å². The highest BCUT2D eigenvalue weighted by molar-refractivity contribution is 6.30. The third-order valence-electron chi connectivity index (χ3n) is 2.55. The minimum absolute atomic E-state index is 0.0824. The Morgan fingerprint density at radius 3 is 2.68 bits per heavy atom. The van der Waals surface area contributed by atoms with Gasteiger partial charge in [0.05, 0.1) is 24.7 Å². The Labute approximate surface area is 116 Å². The second-order valence-electron chi connectivity index (χ2n) is 3.94. The molecule has 0 spiro atoms. The molecule has 0 fully saturated rings. The van der Waals surface area contributed by atoms with Crippen LogP contribution in [0.4, 0.5) is 0 Å². The number of halogens is 1. The molecule has 0 aliphatic heterocycles. The summed E-state index contributed by atoms with van der Waals surface area (Å²) in [5, 5.41) is 8.00. The van der Waals surface area contributed by atoms with Gasteiger partial charge >= 0.3 is 5.97 Å². The number of hydrogen-bond donors (Lipinski definition) is 0. The molecule has 5 heteroatoms. The summed E-state index contributed by atoms with van der Waals surface area (Å²) in [6.45, 7) is 3.37. The summed E-state index contributed by atoms with van der Waals surface area (Å²) in [5.41, 5.74) is 1.48. The van der Waals surface area contributed by atoms with Gasteiger partial charge in [-0.25, -0.2) is 4.79 Å². The van der Waals surface area contributed by atoms with E-state index in [1.807, 2.05) is 6.07 Å². The summed E-state index contributed by atoms with van der Waals surface area (Å²) in [6, 6.07) is 6.69. The normalized spacial score (nSPS) is 11.5. The lowest BCUT2D eigenvalue weighted by Crippen LogP contribution is -2.09. The van der Waals surface area contributed by atoms with Crippen molar-refractivity contribution in [1.29, 1.82) is 5.26 Å². The number of ketones is 1. The van der Waals surface area contributed by atoms with Crippen LogP contribution in [0.1, 0.15) is 40.7 Å². The van der Waals surface area contributed by atoms with Gasteiger partial charge in [0.1, 0.15) is 5.38 Å². The summed E-state index contributed by atoms with van der Waals surface area (Å²) in [6.07, 6.45) is 0.0824. The van der Waals surface area contributed by atoms with Crippen LogP contribution in [-0.2, 0) is 16.0 Å². The van der Waals surface area contributed by atoms with Gasteiger partial charge in [-0.15, -0.1) is 11.6 Å². The van der Waals surface area contributed by atoms with E-state index in [2.05, 4.69) is 0 Å². The third kappa shape index (κ3) is 3.80. The van der Waals surface area contributed by atoms with Crippen LogP contribution in [0.15, 0.2) is 18.2 Å². The molecule has 19 heavy (non-hydrogen) atoms. The molecule has 0 heterocycles. The zero-order valence-corrected chi connectivity index (χ0v) is 11.5. The molecule has 0 amide bonds. The molecule has 1 aromatic rings. The first-order valence-corrected chi connectivity index (χ1v) is 6.26. The van der Waals surface area contributed by atoms with E-state index in [9.17, 15) is 9.59 Å². The van der Waals surface area contributed by atoms with Gasteiger partial charge in [-0.2, -0.15) is 5.26 Å². The van der Waals surface area contributed by atoms with Crippen LogP contribution in [0.25, 0.3) is 0 Å². The van der Waals surface area contributed by atoms with Crippen molar-refractivity contribution >= 4 is 23.4 Å². The number of carbonyl (C=O) groups excluding carboxylic acids is 2. The lowest BCUT2D eigenvalue weighted by molar-refractivity contribution is -0.116. The fraction of sp³-hybridized carbons (Fsp3) is 0.357. The van der Waals surface area contributed by atoms with E-state index >= 15 is 0 Å². The number of ether oxygens (including phenoxy) is 1. The molecule has 0 radical (unpaired) electrons. The van der Waals surface area contributed by atoms with E-state index in [1.165, 1.54) is 6.92 Å². The summed E-state index contributed by atoms with van der Waals surface area (Å²) in [7, 11) is 0. The van der Waals surface area contributed by atoms with Crippen molar-refractivity contribution in [3.8, 4) is 6.07 Å². The monoisotopic (exact) mass is 279 g/mol. The molecular formula is C14H14ClNO3. The van der Waals surface area contributed by atoms with E-state index in [4.69, 9.17) is 21.6 Å². The highest BCUT2D eigenvalue weighted by atomic mass is 35.5. The van der Waals surface area contributed by atoms with Crippen LogP contribution < -0.4 is 0 Å². The fourth-order valence-corrected chi connectivity index (χ4v) is 1.86. The van der Waals surface area contributed by atoms with Crippen molar-refractivity contribution < 1.29 is 14.3 Å². The summed E-state index contributed by atoms with van der Waals surface area (Å²) < 4.78 is 4.89. The number of alkyl halides is 1. The molecule has 1 atom stereocenters. The number of Topliss-reactive ketones (excluding diaryl/α,β-unsaturated/α-hetero) is 1. The molecule has 0 aromatic heterocycles. The van der Waals surface area contributed by atoms with E-state index in [0.29, 0.717) is 16.7 Å². The molecule has 0 bridgehead atoms. The average molecular weight is 280 g/mol. The highest BCUT2D eigenvalue weighted by Crippen LogP contribution is 2.26. The minimum Gasteiger partial charge on any atom is -0.462 e. The van der Waals surface area contributed by atoms with Crippen LogP contribution in [0.2, 0.25) is 0 Å². The Bertz CT molecular complexity index is 534. The van der Waals surface area contributed by atoms with Crippen LogP contribution in [0.3, 0.4) is 0 Å². The quantitative estimate of drug-likeness (QED) is 0.614. The number of benzene rings is 1. The van der Waals surface area contributed by atoms with Gasteiger partial charge in [-0.3, -0.25) is 4.79 Å². The Hall–Kier alpha value is -1.86. The molecule has 1 unspecified atom stereocenters. The van der Waals surface area contributed by atoms with Gasteiger partial charge in [0.2, 0.25) is 0 Å². The topological polar surface area (TPSA) is 67.2 Å².